The minimum Gasteiger partial charge on any atom is -0.305 e. The summed E-state index contributed by atoms with van der Waals surface area (Å²) in [6, 6.07) is 15.6. The number of hydrogen-bond donors (Lipinski definition) is 0. The van der Waals surface area contributed by atoms with Crippen molar-refractivity contribution in [2.45, 2.75) is 19.3 Å². The van der Waals surface area contributed by atoms with Crippen LogP contribution in [0.3, 0.4) is 0 Å². The number of fused-ring (bicyclic) bond motifs is 3. The first-order valence-corrected chi connectivity index (χ1v) is 7.11. The van der Waals surface area contributed by atoms with Crippen LogP contribution in [-0.4, -0.2) is 9.97 Å². The maximum atomic E-state index is 4.51. The van der Waals surface area contributed by atoms with E-state index in [0.717, 1.165) is 11.3 Å². The van der Waals surface area contributed by atoms with Crippen molar-refractivity contribution in [2.24, 2.45) is 0 Å². The fraction of sp³-hybridized carbons (Fsp3) is 0.158. The number of nitrogens with zero attached hydrogens (tertiary/aromatic N) is 2. The van der Waals surface area contributed by atoms with Gasteiger partial charge in [-0.15, -0.1) is 29.3 Å². The monoisotopic (exact) mass is 464 g/mol. The summed E-state index contributed by atoms with van der Waals surface area (Å²) >= 11 is 0. The minimum absolute atomic E-state index is 0. The van der Waals surface area contributed by atoms with E-state index in [-0.39, 0.29) is 25.5 Å². The normalized spacial score (nSPS) is 13.9. The van der Waals surface area contributed by atoms with E-state index < -0.39 is 0 Å². The van der Waals surface area contributed by atoms with Crippen LogP contribution in [0, 0.1) is 6.07 Å². The van der Waals surface area contributed by atoms with Gasteiger partial charge >= 0.3 is 0 Å². The molecule has 2 nitrogen and oxygen atoms in total. The fourth-order valence-electron chi connectivity index (χ4n) is 3.37. The van der Waals surface area contributed by atoms with E-state index >= 15 is 0 Å². The maximum absolute atomic E-state index is 4.51. The van der Waals surface area contributed by atoms with E-state index in [1.54, 1.807) is 0 Å². The summed E-state index contributed by atoms with van der Waals surface area (Å²) in [6.07, 6.45) is 5.67. The Bertz CT molecular complexity index is 826. The molecular formula is C19H15IrN2-. The van der Waals surface area contributed by atoms with Gasteiger partial charge in [-0.05, 0) is 34.4 Å². The first-order chi connectivity index (χ1) is 10.2. The van der Waals surface area contributed by atoms with Gasteiger partial charge in [-0.2, -0.15) is 0 Å². The Morgan fingerprint density at radius 2 is 1.86 bits per heavy atom. The van der Waals surface area contributed by atoms with Crippen molar-refractivity contribution in [1.29, 1.82) is 0 Å². The van der Waals surface area contributed by atoms with Gasteiger partial charge in [0.1, 0.15) is 0 Å². The molecule has 1 aliphatic carbocycles. The van der Waals surface area contributed by atoms with Crippen molar-refractivity contribution in [2.75, 3.05) is 0 Å². The van der Waals surface area contributed by atoms with Crippen molar-refractivity contribution in [3.63, 3.8) is 0 Å². The zero-order valence-corrected chi connectivity index (χ0v) is 14.8. The number of hydrogen-bond acceptors (Lipinski definition) is 2. The molecule has 4 rings (SSSR count). The number of rotatable bonds is 1. The van der Waals surface area contributed by atoms with Gasteiger partial charge in [-0.25, -0.2) is 0 Å². The topological polar surface area (TPSA) is 25.8 Å². The fourth-order valence-corrected chi connectivity index (χ4v) is 3.37. The van der Waals surface area contributed by atoms with E-state index in [0.29, 0.717) is 0 Å². The minimum atomic E-state index is -0.0573. The van der Waals surface area contributed by atoms with E-state index in [2.05, 4.69) is 42.0 Å². The average molecular weight is 464 g/mol. The molecule has 0 aliphatic heterocycles. The SMILES string of the molecule is CC1(C)c2ccncc2-c2cc[c-]c(-c3ccccn3)c21.[Ir]. The van der Waals surface area contributed by atoms with Crippen LogP contribution in [0.2, 0.25) is 0 Å². The summed E-state index contributed by atoms with van der Waals surface area (Å²) < 4.78 is 0. The van der Waals surface area contributed by atoms with E-state index in [9.17, 15) is 0 Å². The Morgan fingerprint density at radius 3 is 2.64 bits per heavy atom. The Kier molecular flexibility index (Phi) is 3.72. The second-order valence-electron chi connectivity index (χ2n) is 5.90. The number of aromatic nitrogens is 2. The molecule has 0 saturated heterocycles. The van der Waals surface area contributed by atoms with Crippen LogP contribution in [0.1, 0.15) is 25.0 Å². The second-order valence-corrected chi connectivity index (χ2v) is 5.90. The third-order valence-corrected chi connectivity index (χ3v) is 4.33. The van der Waals surface area contributed by atoms with Crippen molar-refractivity contribution in [3.8, 4) is 22.4 Å². The molecule has 3 heteroatoms. The predicted octanol–water partition coefficient (Wildman–Crippen LogP) is 4.25. The molecule has 1 radical (unpaired) electrons. The Hall–Kier alpha value is -1.83. The molecule has 0 amide bonds. The summed E-state index contributed by atoms with van der Waals surface area (Å²) in [5.74, 6) is 0. The standard InChI is InChI=1S/C19H15N2.Ir/c1-19(2)16-9-11-20-12-15(16)13-6-5-7-14(18(13)19)17-8-3-4-10-21-17;/h3-6,8-12H,1-2H3;/q-1;. The molecule has 1 aliphatic rings. The zero-order valence-electron chi connectivity index (χ0n) is 12.4. The molecule has 0 saturated carbocycles. The van der Waals surface area contributed by atoms with Crippen molar-refractivity contribution in [1.82, 2.24) is 9.97 Å². The smallest absolute Gasteiger partial charge is 0.0333 e. The van der Waals surface area contributed by atoms with E-state index in [4.69, 9.17) is 0 Å². The third-order valence-electron chi connectivity index (χ3n) is 4.33. The molecule has 2 aromatic heterocycles. The quantitative estimate of drug-likeness (QED) is 0.505. The zero-order chi connectivity index (χ0) is 14.4. The average Bonchev–Trinajstić information content (AvgIpc) is 2.77. The molecule has 0 unspecified atom stereocenters. The molecular weight excluding hydrogens is 448 g/mol. The molecule has 111 valence electrons. The molecule has 0 N–H and O–H groups in total. The van der Waals surface area contributed by atoms with Crippen molar-refractivity contribution < 1.29 is 20.1 Å². The second kappa shape index (κ2) is 5.42. The molecule has 2 heterocycles. The Labute approximate surface area is 144 Å². The van der Waals surface area contributed by atoms with E-state index in [1.807, 2.05) is 42.9 Å². The van der Waals surface area contributed by atoms with Crippen LogP contribution >= 0.6 is 0 Å². The van der Waals surface area contributed by atoms with Crippen LogP contribution in [-0.2, 0) is 25.5 Å². The summed E-state index contributed by atoms with van der Waals surface area (Å²) in [5.41, 5.74) is 7.11. The van der Waals surface area contributed by atoms with Crippen LogP contribution in [0.5, 0.6) is 0 Å². The van der Waals surface area contributed by atoms with E-state index in [1.165, 1.54) is 22.3 Å². The van der Waals surface area contributed by atoms with Gasteiger partial charge in [0.15, 0.2) is 0 Å². The first-order valence-electron chi connectivity index (χ1n) is 7.11. The summed E-state index contributed by atoms with van der Waals surface area (Å²) in [4.78, 5) is 8.81. The molecule has 0 fully saturated rings. The third kappa shape index (κ3) is 2.05. The van der Waals surface area contributed by atoms with Crippen molar-refractivity contribution >= 4 is 0 Å². The van der Waals surface area contributed by atoms with Gasteiger partial charge in [0, 0.05) is 38.7 Å². The van der Waals surface area contributed by atoms with Crippen LogP contribution in [0.15, 0.2) is 55.0 Å². The molecule has 22 heavy (non-hydrogen) atoms. The maximum Gasteiger partial charge on any atom is 0.0333 e. The van der Waals surface area contributed by atoms with Crippen LogP contribution < -0.4 is 0 Å². The summed E-state index contributed by atoms with van der Waals surface area (Å²) in [7, 11) is 0. The summed E-state index contributed by atoms with van der Waals surface area (Å²) in [5, 5.41) is 0. The van der Waals surface area contributed by atoms with Crippen molar-refractivity contribution in [3.05, 3.63) is 72.2 Å². The van der Waals surface area contributed by atoms with Gasteiger partial charge in [-0.1, -0.05) is 31.5 Å². The largest absolute Gasteiger partial charge is 0.305 e. The van der Waals surface area contributed by atoms with Gasteiger partial charge in [0.25, 0.3) is 0 Å². The Morgan fingerprint density at radius 1 is 1.00 bits per heavy atom. The van der Waals surface area contributed by atoms with Crippen LogP contribution in [0.4, 0.5) is 0 Å². The molecule has 0 spiro atoms. The van der Waals surface area contributed by atoms with Gasteiger partial charge in [-0.3, -0.25) is 4.98 Å². The summed E-state index contributed by atoms with van der Waals surface area (Å²) in [6.45, 7) is 4.52. The Balaban J connectivity index is 0.00000144. The number of pyridine rings is 2. The molecule has 3 aromatic rings. The van der Waals surface area contributed by atoms with Gasteiger partial charge < -0.3 is 4.98 Å². The molecule has 0 atom stereocenters. The van der Waals surface area contributed by atoms with Crippen LogP contribution in [0.25, 0.3) is 22.4 Å². The predicted molar refractivity (Wildman–Crippen MR) is 83.9 cm³/mol. The molecule has 1 aromatic carbocycles. The van der Waals surface area contributed by atoms with Gasteiger partial charge in [0.05, 0.1) is 0 Å². The molecule has 0 bridgehead atoms. The first kappa shape index (κ1) is 15.1. The van der Waals surface area contributed by atoms with Gasteiger partial charge in [0.2, 0.25) is 0 Å². The number of benzene rings is 1.